The summed E-state index contributed by atoms with van der Waals surface area (Å²) in [5.41, 5.74) is 1.88. The molecule has 0 radical (unpaired) electrons. The zero-order valence-electron chi connectivity index (χ0n) is 16.3. The van der Waals surface area contributed by atoms with Crippen LogP contribution in [-0.2, 0) is 15.9 Å². The smallest absolute Gasteiger partial charge is 0.346 e. The zero-order chi connectivity index (χ0) is 20.7. The normalized spacial score (nSPS) is 18.6. The molecule has 29 heavy (non-hydrogen) atoms. The number of aromatic nitrogens is 4. The number of rotatable bonds is 4. The summed E-state index contributed by atoms with van der Waals surface area (Å²) < 4.78 is 46.6. The first-order valence-corrected chi connectivity index (χ1v) is 10.8. The summed E-state index contributed by atoms with van der Waals surface area (Å²) in [5.74, 6) is 0.353. The molecule has 0 aliphatic carbocycles. The van der Waals surface area contributed by atoms with Crippen LogP contribution in [0.25, 0.3) is 16.9 Å². The summed E-state index contributed by atoms with van der Waals surface area (Å²) >= 11 is -1.48. The summed E-state index contributed by atoms with van der Waals surface area (Å²) in [4.78, 5) is 14.9. The highest BCUT2D eigenvalue weighted by atomic mass is 32.2. The van der Waals surface area contributed by atoms with E-state index in [4.69, 9.17) is 4.74 Å². The van der Waals surface area contributed by atoms with Gasteiger partial charge in [0.25, 0.3) is 6.43 Å². The summed E-state index contributed by atoms with van der Waals surface area (Å²) in [5, 5.41) is 0.0888. The predicted octanol–water partition coefficient (Wildman–Crippen LogP) is 3.02. The van der Waals surface area contributed by atoms with Gasteiger partial charge in [-0.25, -0.2) is 13.8 Å². The van der Waals surface area contributed by atoms with Crippen LogP contribution in [0.5, 0.6) is 0 Å². The Labute approximate surface area is 169 Å². The molecule has 1 aromatic carbocycles. The number of alkyl halides is 2. The Morgan fingerprint density at radius 3 is 2.66 bits per heavy atom. The summed E-state index contributed by atoms with van der Waals surface area (Å²) in [6.07, 6.45) is -1.32. The first-order chi connectivity index (χ1) is 13.8. The van der Waals surface area contributed by atoms with Gasteiger partial charge in [0, 0.05) is 23.8 Å². The van der Waals surface area contributed by atoms with Gasteiger partial charge in [0.2, 0.25) is 0 Å². The lowest BCUT2D eigenvalue weighted by molar-refractivity contribution is 0.0984. The number of nitrogens with zero attached hydrogens (tertiary/aromatic N) is 5. The van der Waals surface area contributed by atoms with E-state index >= 15 is 0 Å². The van der Waals surface area contributed by atoms with Gasteiger partial charge in [-0.2, -0.15) is 9.97 Å². The second-order valence-corrected chi connectivity index (χ2v) is 8.31. The molecular formula is C19H21F2N5O2S. The van der Waals surface area contributed by atoms with E-state index in [0.29, 0.717) is 36.6 Å². The highest BCUT2D eigenvalue weighted by Gasteiger charge is 2.27. The van der Waals surface area contributed by atoms with Crippen LogP contribution in [-0.4, -0.2) is 56.1 Å². The Hall–Kier alpha value is -2.30. The third kappa shape index (κ3) is 3.79. The van der Waals surface area contributed by atoms with Crippen LogP contribution in [0.1, 0.15) is 24.7 Å². The average molecular weight is 421 g/mol. The number of halogens is 2. The molecule has 1 aliphatic rings. The average Bonchev–Trinajstić information content (AvgIpc) is 3.07. The Bertz CT molecular complexity index is 1040. The van der Waals surface area contributed by atoms with Gasteiger partial charge in [0.05, 0.1) is 30.3 Å². The van der Waals surface area contributed by atoms with Crippen molar-refractivity contribution in [3.05, 3.63) is 35.7 Å². The molecule has 3 heterocycles. The van der Waals surface area contributed by atoms with Crippen molar-refractivity contribution in [2.75, 3.05) is 30.9 Å². The zero-order valence-corrected chi connectivity index (χ0v) is 17.1. The predicted molar refractivity (Wildman–Crippen MR) is 106 cm³/mol. The molecule has 0 bridgehead atoms. The lowest BCUT2D eigenvalue weighted by Crippen LogP contribution is -2.44. The van der Waals surface area contributed by atoms with Crippen molar-refractivity contribution in [2.24, 2.45) is 0 Å². The fraction of sp³-hybridized carbons (Fsp3) is 0.421. The second-order valence-electron chi connectivity index (χ2n) is 7.04. The number of ether oxygens (including phenoxy) is 1. The lowest BCUT2D eigenvalue weighted by Gasteiger charge is -2.34. The molecule has 1 saturated heterocycles. The molecule has 3 aromatic rings. The number of hydrogen-bond acceptors (Lipinski definition) is 6. The number of anilines is 1. The molecule has 4 rings (SSSR count). The molecule has 2 atom stereocenters. The van der Waals surface area contributed by atoms with Crippen LogP contribution in [0.4, 0.5) is 14.6 Å². The molecule has 10 heteroatoms. The van der Waals surface area contributed by atoms with Gasteiger partial charge in [-0.15, -0.1) is 0 Å². The SMILES string of the molecule is Cc1ccc2nc(C(F)F)n(-c3cc(N4CCOC[C@@H]4C)nc([S+](C)[O-])n3)c2c1. The van der Waals surface area contributed by atoms with Crippen LogP contribution in [0.2, 0.25) is 0 Å². The maximum atomic E-state index is 13.8. The number of morpholine rings is 1. The van der Waals surface area contributed by atoms with Crippen LogP contribution in [0.15, 0.2) is 29.4 Å². The van der Waals surface area contributed by atoms with E-state index in [1.165, 1.54) is 10.8 Å². The monoisotopic (exact) mass is 421 g/mol. The molecule has 7 nitrogen and oxygen atoms in total. The van der Waals surface area contributed by atoms with Gasteiger partial charge >= 0.3 is 5.16 Å². The van der Waals surface area contributed by atoms with E-state index in [2.05, 4.69) is 15.0 Å². The first-order valence-electron chi connectivity index (χ1n) is 9.19. The maximum absolute atomic E-state index is 13.8. The number of fused-ring (bicyclic) bond motifs is 1. The lowest BCUT2D eigenvalue weighted by atomic mass is 10.2. The minimum atomic E-state index is -2.79. The summed E-state index contributed by atoms with van der Waals surface area (Å²) in [7, 11) is 0. The molecule has 0 amide bonds. The third-order valence-electron chi connectivity index (χ3n) is 4.86. The minimum absolute atomic E-state index is 0.0426. The fourth-order valence-electron chi connectivity index (χ4n) is 3.45. The van der Waals surface area contributed by atoms with Crippen LogP contribution in [0, 0.1) is 6.92 Å². The Kier molecular flexibility index (Phi) is 5.41. The third-order valence-corrected chi connectivity index (χ3v) is 5.55. The van der Waals surface area contributed by atoms with E-state index in [-0.39, 0.29) is 17.0 Å². The molecule has 2 aromatic heterocycles. The molecule has 0 spiro atoms. The van der Waals surface area contributed by atoms with Crippen molar-refractivity contribution in [1.82, 2.24) is 19.5 Å². The largest absolute Gasteiger partial charge is 0.609 e. The topological polar surface area (TPSA) is 79.1 Å². The van der Waals surface area contributed by atoms with Crippen LogP contribution >= 0.6 is 0 Å². The van der Waals surface area contributed by atoms with Crippen molar-refractivity contribution in [3.8, 4) is 5.82 Å². The molecule has 1 fully saturated rings. The highest BCUT2D eigenvalue weighted by Crippen LogP contribution is 2.30. The van der Waals surface area contributed by atoms with E-state index in [0.717, 1.165) is 5.56 Å². The van der Waals surface area contributed by atoms with Crippen molar-refractivity contribution >= 4 is 28.0 Å². The molecule has 154 valence electrons. The molecule has 0 N–H and O–H groups in total. The van der Waals surface area contributed by atoms with Gasteiger partial charge in [0.1, 0.15) is 17.9 Å². The maximum Gasteiger partial charge on any atom is 0.346 e. The molecular weight excluding hydrogens is 400 g/mol. The van der Waals surface area contributed by atoms with Gasteiger partial charge in [-0.05, 0) is 31.5 Å². The number of hydrogen-bond donors (Lipinski definition) is 0. The van der Waals surface area contributed by atoms with Crippen molar-refractivity contribution in [1.29, 1.82) is 0 Å². The number of imidazole rings is 1. The van der Waals surface area contributed by atoms with Gasteiger partial charge in [-0.3, -0.25) is 4.57 Å². The number of benzene rings is 1. The minimum Gasteiger partial charge on any atom is -0.609 e. The molecule has 0 saturated carbocycles. The first kappa shape index (κ1) is 20.0. The van der Waals surface area contributed by atoms with Crippen LogP contribution in [0.3, 0.4) is 0 Å². The van der Waals surface area contributed by atoms with E-state index in [1.54, 1.807) is 18.2 Å². The quantitative estimate of drug-likeness (QED) is 0.476. The number of aryl methyl sites for hydroxylation is 1. The van der Waals surface area contributed by atoms with Crippen molar-refractivity contribution < 1.29 is 18.1 Å². The van der Waals surface area contributed by atoms with Gasteiger partial charge in [0.15, 0.2) is 5.82 Å². The Balaban J connectivity index is 1.95. The highest BCUT2D eigenvalue weighted by molar-refractivity contribution is 7.90. The van der Waals surface area contributed by atoms with E-state index < -0.39 is 23.4 Å². The van der Waals surface area contributed by atoms with E-state index in [1.807, 2.05) is 24.8 Å². The van der Waals surface area contributed by atoms with E-state index in [9.17, 15) is 13.3 Å². The summed E-state index contributed by atoms with van der Waals surface area (Å²) in [6.45, 7) is 5.53. The Morgan fingerprint density at radius 1 is 1.21 bits per heavy atom. The van der Waals surface area contributed by atoms with Gasteiger partial charge < -0.3 is 14.2 Å². The standard InChI is InChI=1S/C19H21F2N5O2S/c1-11-4-5-13-14(8-11)26(18(22-13)17(20)21)16-9-15(23-19(24-16)29(3)27)25-6-7-28-10-12(25)2/h4-5,8-9,12,17H,6-7,10H2,1-3H3/t12-,29?/m0/s1. The van der Waals surface area contributed by atoms with Crippen molar-refractivity contribution in [3.63, 3.8) is 0 Å². The molecule has 1 aliphatic heterocycles. The Morgan fingerprint density at radius 2 is 1.97 bits per heavy atom. The summed E-state index contributed by atoms with van der Waals surface area (Å²) in [6, 6.07) is 7.00. The molecule has 1 unspecified atom stereocenters. The fourth-order valence-corrected chi connectivity index (χ4v) is 3.89. The van der Waals surface area contributed by atoms with Crippen LogP contribution < -0.4 is 4.90 Å². The van der Waals surface area contributed by atoms with Crippen molar-refractivity contribution in [2.45, 2.75) is 31.5 Å². The van der Waals surface area contributed by atoms with Gasteiger partial charge in [-0.1, -0.05) is 6.07 Å². The second kappa shape index (κ2) is 7.85.